The second-order valence-corrected chi connectivity index (χ2v) is 6.66. The van der Waals surface area contributed by atoms with Gasteiger partial charge in [0.05, 0.1) is 12.8 Å². The highest BCUT2D eigenvalue weighted by Crippen LogP contribution is 2.14. The van der Waals surface area contributed by atoms with Crippen LogP contribution in [0.3, 0.4) is 0 Å². The number of carbonyl (C=O) groups is 1. The van der Waals surface area contributed by atoms with Crippen LogP contribution in [0.4, 0.5) is 11.4 Å². The highest BCUT2D eigenvalue weighted by Gasteiger charge is 2.01. The SMILES string of the molecule is CCN(CC)c1ccc(/C=N/NC(=O)CNc2ccc(I)cc2)cc1. The smallest absolute Gasteiger partial charge is 0.259 e. The highest BCUT2D eigenvalue weighted by atomic mass is 127. The van der Waals surface area contributed by atoms with Gasteiger partial charge in [-0.2, -0.15) is 5.10 Å². The first-order chi connectivity index (χ1) is 12.1. The molecule has 0 atom stereocenters. The van der Waals surface area contributed by atoms with Gasteiger partial charge < -0.3 is 10.2 Å². The zero-order valence-corrected chi connectivity index (χ0v) is 16.7. The van der Waals surface area contributed by atoms with E-state index in [0.717, 1.165) is 27.9 Å². The molecule has 0 spiro atoms. The van der Waals surface area contributed by atoms with E-state index in [4.69, 9.17) is 0 Å². The summed E-state index contributed by atoms with van der Waals surface area (Å²) in [5, 5.41) is 7.06. The van der Waals surface area contributed by atoms with Gasteiger partial charge in [-0.1, -0.05) is 12.1 Å². The number of hydrogen-bond acceptors (Lipinski definition) is 4. The molecule has 1 amide bonds. The molecule has 2 N–H and O–H groups in total. The quantitative estimate of drug-likeness (QED) is 0.367. The number of hydrazone groups is 1. The Hall–Kier alpha value is -2.09. The summed E-state index contributed by atoms with van der Waals surface area (Å²) in [6.45, 7) is 6.41. The van der Waals surface area contributed by atoms with Crippen molar-refractivity contribution in [2.75, 3.05) is 29.9 Å². The summed E-state index contributed by atoms with van der Waals surface area (Å²) < 4.78 is 1.16. The van der Waals surface area contributed by atoms with E-state index < -0.39 is 0 Å². The highest BCUT2D eigenvalue weighted by molar-refractivity contribution is 14.1. The molecule has 0 aromatic heterocycles. The lowest BCUT2D eigenvalue weighted by Crippen LogP contribution is -2.25. The van der Waals surface area contributed by atoms with E-state index >= 15 is 0 Å². The van der Waals surface area contributed by atoms with Crippen molar-refractivity contribution < 1.29 is 4.79 Å². The Bertz CT molecular complexity index is 694. The van der Waals surface area contributed by atoms with Crippen molar-refractivity contribution in [1.29, 1.82) is 0 Å². The van der Waals surface area contributed by atoms with Crippen LogP contribution in [0.15, 0.2) is 53.6 Å². The van der Waals surface area contributed by atoms with Crippen LogP contribution in [0, 0.1) is 3.57 Å². The molecule has 0 bridgehead atoms. The molecule has 0 aliphatic carbocycles. The Balaban J connectivity index is 1.79. The summed E-state index contributed by atoms with van der Waals surface area (Å²) in [5.74, 6) is -0.186. The molecule has 0 aliphatic heterocycles. The summed E-state index contributed by atoms with van der Waals surface area (Å²) >= 11 is 2.24. The minimum Gasteiger partial charge on any atom is -0.376 e. The second-order valence-electron chi connectivity index (χ2n) is 5.42. The van der Waals surface area contributed by atoms with E-state index in [1.165, 1.54) is 5.69 Å². The average molecular weight is 450 g/mol. The molecule has 5 nitrogen and oxygen atoms in total. The monoisotopic (exact) mass is 450 g/mol. The molecule has 0 saturated carbocycles. The van der Waals surface area contributed by atoms with Crippen LogP contribution in [-0.2, 0) is 4.79 Å². The molecule has 2 rings (SSSR count). The fourth-order valence-corrected chi connectivity index (χ4v) is 2.69. The predicted octanol–water partition coefficient (Wildman–Crippen LogP) is 3.70. The number of amides is 1. The Morgan fingerprint density at radius 1 is 1.08 bits per heavy atom. The topological polar surface area (TPSA) is 56.7 Å². The van der Waals surface area contributed by atoms with Gasteiger partial charge in [0.15, 0.2) is 0 Å². The van der Waals surface area contributed by atoms with Gasteiger partial charge >= 0.3 is 0 Å². The largest absolute Gasteiger partial charge is 0.376 e. The van der Waals surface area contributed by atoms with Gasteiger partial charge in [-0.25, -0.2) is 5.43 Å². The van der Waals surface area contributed by atoms with Crippen molar-refractivity contribution in [2.45, 2.75) is 13.8 Å². The maximum atomic E-state index is 11.8. The summed E-state index contributed by atoms with van der Waals surface area (Å²) in [6.07, 6.45) is 1.65. The number of nitrogens with one attached hydrogen (secondary N) is 2. The van der Waals surface area contributed by atoms with E-state index in [1.54, 1.807) is 6.21 Å². The third kappa shape index (κ3) is 6.38. The van der Waals surface area contributed by atoms with E-state index in [2.05, 4.69) is 69.3 Å². The summed E-state index contributed by atoms with van der Waals surface area (Å²) in [5.41, 5.74) is 5.57. The first kappa shape index (κ1) is 19.2. The van der Waals surface area contributed by atoms with Gasteiger partial charge in [0.1, 0.15) is 0 Å². The van der Waals surface area contributed by atoms with Crippen molar-refractivity contribution in [3.8, 4) is 0 Å². The lowest BCUT2D eigenvalue weighted by Gasteiger charge is -2.20. The molecule has 132 valence electrons. The summed E-state index contributed by atoms with van der Waals surface area (Å²) in [7, 11) is 0. The number of halogens is 1. The molecular weight excluding hydrogens is 427 g/mol. The van der Waals surface area contributed by atoms with Crippen LogP contribution in [0.5, 0.6) is 0 Å². The van der Waals surface area contributed by atoms with E-state index in [-0.39, 0.29) is 12.5 Å². The Labute approximate surface area is 162 Å². The molecule has 25 heavy (non-hydrogen) atoms. The minimum atomic E-state index is -0.186. The summed E-state index contributed by atoms with van der Waals surface area (Å²) in [6, 6.07) is 16.0. The number of hydrogen-bond donors (Lipinski definition) is 2. The zero-order valence-electron chi connectivity index (χ0n) is 14.5. The fourth-order valence-electron chi connectivity index (χ4n) is 2.33. The molecule has 2 aromatic rings. The van der Waals surface area contributed by atoms with Crippen molar-refractivity contribution >= 4 is 46.1 Å². The number of benzene rings is 2. The average Bonchev–Trinajstić information content (AvgIpc) is 2.63. The first-order valence-corrected chi connectivity index (χ1v) is 9.36. The van der Waals surface area contributed by atoms with Gasteiger partial charge in [-0.15, -0.1) is 0 Å². The van der Waals surface area contributed by atoms with Crippen molar-refractivity contribution in [1.82, 2.24) is 5.43 Å². The molecule has 0 fully saturated rings. The van der Waals surface area contributed by atoms with Gasteiger partial charge in [-0.3, -0.25) is 4.79 Å². The van der Waals surface area contributed by atoms with Gasteiger partial charge in [0.25, 0.3) is 5.91 Å². The van der Waals surface area contributed by atoms with Crippen LogP contribution in [-0.4, -0.2) is 31.8 Å². The molecule has 6 heteroatoms. The lowest BCUT2D eigenvalue weighted by molar-refractivity contribution is -0.119. The van der Waals surface area contributed by atoms with E-state index in [1.807, 2.05) is 36.4 Å². The van der Waals surface area contributed by atoms with E-state index in [0.29, 0.717) is 0 Å². The maximum Gasteiger partial charge on any atom is 0.259 e. The molecule has 0 radical (unpaired) electrons. The minimum absolute atomic E-state index is 0.179. The predicted molar refractivity (Wildman–Crippen MR) is 113 cm³/mol. The molecule has 0 unspecified atom stereocenters. The van der Waals surface area contributed by atoms with Crippen molar-refractivity contribution in [3.05, 3.63) is 57.7 Å². The standard InChI is InChI=1S/C19H23IN4O/c1-3-24(4-2)18-11-5-15(6-12-18)13-22-23-19(25)14-21-17-9-7-16(20)8-10-17/h5-13,21H,3-4,14H2,1-2H3,(H,23,25)/b22-13+. The van der Waals surface area contributed by atoms with Crippen molar-refractivity contribution in [2.24, 2.45) is 5.10 Å². The number of carbonyl (C=O) groups excluding carboxylic acids is 1. The van der Waals surface area contributed by atoms with Crippen LogP contribution in [0.2, 0.25) is 0 Å². The molecular formula is C19H23IN4O. The van der Waals surface area contributed by atoms with Crippen LogP contribution >= 0.6 is 22.6 Å². The third-order valence-corrected chi connectivity index (χ3v) is 4.44. The van der Waals surface area contributed by atoms with Gasteiger partial charge in [0.2, 0.25) is 0 Å². The molecule has 0 heterocycles. The van der Waals surface area contributed by atoms with Crippen molar-refractivity contribution in [3.63, 3.8) is 0 Å². The fraction of sp³-hybridized carbons (Fsp3) is 0.263. The molecule has 0 saturated heterocycles. The number of nitrogens with zero attached hydrogens (tertiary/aromatic N) is 2. The Morgan fingerprint density at radius 2 is 1.72 bits per heavy atom. The van der Waals surface area contributed by atoms with Gasteiger partial charge in [0, 0.05) is 28.0 Å². The Morgan fingerprint density at radius 3 is 2.32 bits per heavy atom. The molecule has 0 aliphatic rings. The van der Waals surface area contributed by atoms with Crippen LogP contribution in [0.25, 0.3) is 0 Å². The molecule has 2 aromatic carbocycles. The van der Waals surface area contributed by atoms with Gasteiger partial charge in [-0.05, 0) is 78.4 Å². The normalized spacial score (nSPS) is 10.7. The summed E-state index contributed by atoms with van der Waals surface area (Å²) in [4.78, 5) is 14.1. The maximum absolute atomic E-state index is 11.8. The third-order valence-electron chi connectivity index (χ3n) is 3.72. The Kier molecular flexibility index (Phi) is 7.72. The second kappa shape index (κ2) is 10.0. The number of anilines is 2. The van der Waals surface area contributed by atoms with Crippen LogP contribution in [0.1, 0.15) is 19.4 Å². The number of rotatable bonds is 8. The van der Waals surface area contributed by atoms with E-state index in [9.17, 15) is 4.79 Å². The lowest BCUT2D eigenvalue weighted by atomic mass is 10.2. The zero-order chi connectivity index (χ0) is 18.1. The van der Waals surface area contributed by atoms with Crippen LogP contribution < -0.4 is 15.6 Å². The first-order valence-electron chi connectivity index (χ1n) is 8.28.